The molecule has 2 nitrogen and oxygen atoms in total. The van der Waals surface area contributed by atoms with Crippen LogP contribution in [0.15, 0.2) is 30.3 Å². The van der Waals surface area contributed by atoms with E-state index in [-0.39, 0.29) is 11.9 Å². The van der Waals surface area contributed by atoms with Crippen molar-refractivity contribution in [2.75, 3.05) is 6.61 Å². The topological polar surface area (TPSA) is 29.6 Å². The molecule has 1 atom stereocenters. The maximum atomic E-state index is 11.3. The molecule has 0 aromatic heterocycles. The van der Waals surface area contributed by atoms with Crippen LogP contribution in [0.2, 0.25) is 0 Å². The molecule has 0 saturated carbocycles. The minimum atomic E-state index is -0.0641. The van der Waals surface area contributed by atoms with Gasteiger partial charge >= 0.3 is 0 Å². The lowest BCUT2D eigenvalue weighted by Gasteiger charge is -1.99. The Morgan fingerprint density at radius 1 is 1.36 bits per heavy atom. The zero-order valence-electron chi connectivity index (χ0n) is 8.11. The minimum Gasteiger partial charge on any atom is -0.365 e. The van der Waals surface area contributed by atoms with Gasteiger partial charge in [0.1, 0.15) is 6.10 Å². The predicted molar refractivity (Wildman–Crippen MR) is 54.1 cm³/mol. The standard InChI is InChI=1S/C12H14O2/c13-11(12-9-14-12)8-4-7-10-5-2-1-3-6-10/h1-3,5-6,12H,4,7-9H2. The summed E-state index contributed by atoms with van der Waals surface area (Å²) in [7, 11) is 0. The van der Waals surface area contributed by atoms with E-state index in [1.807, 2.05) is 18.2 Å². The normalized spacial score (nSPS) is 19.3. The molecule has 1 saturated heterocycles. The number of carbonyl (C=O) groups excluding carboxylic acids is 1. The maximum Gasteiger partial charge on any atom is 0.163 e. The molecule has 1 aliphatic rings. The average Bonchev–Trinajstić information content (AvgIpc) is 3.02. The van der Waals surface area contributed by atoms with Gasteiger partial charge in [0.15, 0.2) is 5.78 Å². The highest BCUT2D eigenvalue weighted by Gasteiger charge is 2.29. The highest BCUT2D eigenvalue weighted by molar-refractivity contribution is 5.84. The van der Waals surface area contributed by atoms with Crippen LogP contribution in [0.5, 0.6) is 0 Å². The molecule has 74 valence electrons. The number of hydrogen-bond acceptors (Lipinski definition) is 2. The van der Waals surface area contributed by atoms with Gasteiger partial charge in [-0.1, -0.05) is 30.3 Å². The van der Waals surface area contributed by atoms with Crippen LogP contribution in [0.4, 0.5) is 0 Å². The summed E-state index contributed by atoms with van der Waals surface area (Å²) in [5, 5.41) is 0. The Kier molecular flexibility index (Phi) is 2.94. The summed E-state index contributed by atoms with van der Waals surface area (Å²) in [6.07, 6.45) is 2.51. The second-order valence-electron chi connectivity index (χ2n) is 3.63. The zero-order chi connectivity index (χ0) is 9.80. The highest BCUT2D eigenvalue weighted by atomic mass is 16.6. The Morgan fingerprint density at radius 2 is 2.07 bits per heavy atom. The Balaban J connectivity index is 1.70. The van der Waals surface area contributed by atoms with E-state index in [0.29, 0.717) is 13.0 Å². The Hall–Kier alpha value is -1.15. The van der Waals surface area contributed by atoms with Crippen LogP contribution in [0, 0.1) is 0 Å². The number of epoxide rings is 1. The lowest BCUT2D eigenvalue weighted by molar-refractivity contribution is -0.120. The van der Waals surface area contributed by atoms with E-state index in [0.717, 1.165) is 12.8 Å². The fourth-order valence-corrected chi connectivity index (χ4v) is 1.51. The first-order valence-electron chi connectivity index (χ1n) is 5.04. The summed E-state index contributed by atoms with van der Waals surface area (Å²) in [5.74, 6) is 0.265. The van der Waals surface area contributed by atoms with Gasteiger partial charge in [-0.05, 0) is 18.4 Å². The van der Waals surface area contributed by atoms with Gasteiger partial charge in [-0.15, -0.1) is 0 Å². The van der Waals surface area contributed by atoms with Crippen LogP contribution in [-0.2, 0) is 16.0 Å². The molecule has 0 amide bonds. The lowest BCUT2D eigenvalue weighted by atomic mass is 10.1. The lowest BCUT2D eigenvalue weighted by Crippen LogP contribution is -2.06. The molecule has 0 radical (unpaired) electrons. The molecule has 1 aliphatic heterocycles. The molecule has 1 fully saturated rings. The Labute approximate surface area is 83.9 Å². The van der Waals surface area contributed by atoms with E-state index < -0.39 is 0 Å². The third-order valence-corrected chi connectivity index (χ3v) is 2.42. The van der Waals surface area contributed by atoms with Gasteiger partial charge in [-0.3, -0.25) is 4.79 Å². The van der Waals surface area contributed by atoms with Crippen molar-refractivity contribution in [1.82, 2.24) is 0 Å². The SMILES string of the molecule is O=C(CCCc1ccccc1)C1CO1. The summed E-state index contributed by atoms with van der Waals surface area (Å²) in [4.78, 5) is 11.3. The van der Waals surface area contributed by atoms with E-state index in [4.69, 9.17) is 4.74 Å². The number of aryl methyl sites for hydroxylation is 1. The monoisotopic (exact) mass is 190 g/mol. The number of carbonyl (C=O) groups is 1. The van der Waals surface area contributed by atoms with E-state index in [2.05, 4.69) is 12.1 Å². The molecule has 14 heavy (non-hydrogen) atoms. The third kappa shape index (κ3) is 2.67. The number of Topliss-reactive ketones (excluding diaryl/α,β-unsaturated/α-hetero) is 1. The van der Waals surface area contributed by atoms with Gasteiger partial charge in [0.25, 0.3) is 0 Å². The first kappa shape index (κ1) is 9.41. The van der Waals surface area contributed by atoms with Gasteiger partial charge in [0.05, 0.1) is 6.61 Å². The van der Waals surface area contributed by atoms with Crippen molar-refractivity contribution < 1.29 is 9.53 Å². The Bertz CT molecular complexity index is 301. The molecule has 1 aromatic rings. The van der Waals surface area contributed by atoms with Gasteiger partial charge in [-0.25, -0.2) is 0 Å². The van der Waals surface area contributed by atoms with Crippen molar-refractivity contribution >= 4 is 5.78 Å². The number of ether oxygens (including phenoxy) is 1. The second kappa shape index (κ2) is 4.38. The molecule has 0 N–H and O–H groups in total. The van der Waals surface area contributed by atoms with Crippen LogP contribution in [0.1, 0.15) is 18.4 Å². The van der Waals surface area contributed by atoms with Crippen LogP contribution < -0.4 is 0 Å². The number of rotatable bonds is 5. The molecular weight excluding hydrogens is 176 g/mol. The fourth-order valence-electron chi connectivity index (χ4n) is 1.51. The largest absolute Gasteiger partial charge is 0.365 e. The van der Waals surface area contributed by atoms with E-state index >= 15 is 0 Å². The molecule has 0 spiro atoms. The first-order chi connectivity index (χ1) is 6.86. The quantitative estimate of drug-likeness (QED) is 0.664. The van der Waals surface area contributed by atoms with Crippen LogP contribution in [0.3, 0.4) is 0 Å². The fraction of sp³-hybridized carbons (Fsp3) is 0.417. The van der Waals surface area contributed by atoms with Crippen molar-refractivity contribution in [3.05, 3.63) is 35.9 Å². The van der Waals surface area contributed by atoms with E-state index in [1.165, 1.54) is 5.56 Å². The minimum absolute atomic E-state index is 0.0641. The molecule has 2 rings (SSSR count). The number of ketones is 1. The number of benzene rings is 1. The molecule has 1 aromatic carbocycles. The summed E-state index contributed by atoms with van der Waals surface area (Å²) in [5.41, 5.74) is 1.30. The maximum absolute atomic E-state index is 11.3. The van der Waals surface area contributed by atoms with Crippen LogP contribution >= 0.6 is 0 Å². The van der Waals surface area contributed by atoms with E-state index in [9.17, 15) is 4.79 Å². The van der Waals surface area contributed by atoms with Crippen molar-refractivity contribution in [2.45, 2.75) is 25.4 Å². The van der Waals surface area contributed by atoms with Crippen molar-refractivity contribution in [1.29, 1.82) is 0 Å². The number of hydrogen-bond donors (Lipinski definition) is 0. The van der Waals surface area contributed by atoms with Gasteiger partial charge in [0, 0.05) is 6.42 Å². The molecule has 0 aliphatic carbocycles. The summed E-state index contributed by atoms with van der Waals surface area (Å²) in [6, 6.07) is 10.3. The Morgan fingerprint density at radius 3 is 2.71 bits per heavy atom. The van der Waals surface area contributed by atoms with Crippen molar-refractivity contribution in [2.24, 2.45) is 0 Å². The molecular formula is C12H14O2. The smallest absolute Gasteiger partial charge is 0.163 e. The van der Waals surface area contributed by atoms with Gasteiger partial charge in [0.2, 0.25) is 0 Å². The summed E-state index contributed by atoms with van der Waals surface area (Å²) in [6.45, 7) is 0.643. The predicted octanol–water partition coefficient (Wildman–Crippen LogP) is 1.98. The van der Waals surface area contributed by atoms with Crippen molar-refractivity contribution in [3.63, 3.8) is 0 Å². The van der Waals surface area contributed by atoms with Crippen molar-refractivity contribution in [3.8, 4) is 0 Å². The van der Waals surface area contributed by atoms with Gasteiger partial charge in [-0.2, -0.15) is 0 Å². The van der Waals surface area contributed by atoms with E-state index in [1.54, 1.807) is 0 Å². The first-order valence-corrected chi connectivity index (χ1v) is 5.04. The zero-order valence-corrected chi connectivity index (χ0v) is 8.11. The molecule has 1 heterocycles. The molecule has 2 heteroatoms. The highest BCUT2D eigenvalue weighted by Crippen LogP contribution is 2.14. The third-order valence-electron chi connectivity index (χ3n) is 2.42. The average molecular weight is 190 g/mol. The summed E-state index contributed by atoms with van der Waals surface area (Å²) < 4.78 is 4.92. The molecule has 1 unspecified atom stereocenters. The van der Waals surface area contributed by atoms with Crippen LogP contribution in [-0.4, -0.2) is 18.5 Å². The van der Waals surface area contributed by atoms with Gasteiger partial charge < -0.3 is 4.74 Å². The summed E-state index contributed by atoms with van der Waals surface area (Å²) >= 11 is 0. The second-order valence-corrected chi connectivity index (χ2v) is 3.63. The van der Waals surface area contributed by atoms with Crippen LogP contribution in [0.25, 0.3) is 0 Å². The molecule has 0 bridgehead atoms.